The first-order valence-corrected chi connectivity index (χ1v) is 13.4. The largest absolute Gasteiger partial charge is 0.507 e. The minimum Gasteiger partial charge on any atom is -0.507 e. The summed E-state index contributed by atoms with van der Waals surface area (Å²) >= 11 is 12.6. The Bertz CT molecular complexity index is 1390. The van der Waals surface area contributed by atoms with Crippen molar-refractivity contribution in [2.45, 2.75) is 38.8 Å². The standard InChI is InChI=1S/C28H29Cl2N5O/c29-20-5-6-22-24(15-20)32-23-7-8-25(30)33-27(23)26(22)31-21-13-18(16-34-9-1-2-10-34)28(36)19(14-21)17-35-11-3-4-12-35/h5-8,13-15,36H,1-4,9-12,16-17H2,(H,31,32). The first kappa shape index (κ1) is 23.7. The van der Waals surface area contributed by atoms with Crippen LogP contribution in [-0.4, -0.2) is 51.1 Å². The number of phenols is 1. The molecule has 0 unspecified atom stereocenters. The third kappa shape index (κ3) is 4.83. The van der Waals surface area contributed by atoms with Crippen LogP contribution in [0.1, 0.15) is 36.8 Å². The van der Waals surface area contributed by atoms with Gasteiger partial charge in [-0.3, -0.25) is 9.80 Å². The zero-order valence-corrected chi connectivity index (χ0v) is 21.6. The summed E-state index contributed by atoms with van der Waals surface area (Å²) < 4.78 is 0. The number of fused-ring (bicyclic) bond motifs is 2. The number of hydrogen-bond acceptors (Lipinski definition) is 6. The molecule has 2 saturated heterocycles. The number of pyridine rings is 2. The molecule has 186 valence electrons. The van der Waals surface area contributed by atoms with Crippen molar-refractivity contribution in [3.8, 4) is 5.75 Å². The molecule has 6 nitrogen and oxygen atoms in total. The van der Waals surface area contributed by atoms with E-state index >= 15 is 0 Å². The second-order valence-corrected chi connectivity index (χ2v) is 10.7. The highest BCUT2D eigenvalue weighted by Gasteiger charge is 2.20. The number of benzene rings is 2. The van der Waals surface area contributed by atoms with Gasteiger partial charge in [-0.15, -0.1) is 0 Å². The van der Waals surface area contributed by atoms with Crippen molar-refractivity contribution in [3.63, 3.8) is 0 Å². The fourth-order valence-electron chi connectivity index (χ4n) is 5.48. The Hall–Kier alpha value is -2.64. The van der Waals surface area contributed by atoms with Gasteiger partial charge in [-0.1, -0.05) is 23.2 Å². The molecule has 2 N–H and O–H groups in total. The maximum atomic E-state index is 11.3. The van der Waals surface area contributed by atoms with Crippen molar-refractivity contribution < 1.29 is 5.11 Å². The minimum atomic E-state index is 0.413. The van der Waals surface area contributed by atoms with Gasteiger partial charge >= 0.3 is 0 Å². The van der Waals surface area contributed by atoms with E-state index < -0.39 is 0 Å². The fourth-order valence-corrected chi connectivity index (χ4v) is 5.79. The van der Waals surface area contributed by atoms with E-state index in [1.54, 1.807) is 6.07 Å². The van der Waals surface area contributed by atoms with Crippen LogP contribution in [0.5, 0.6) is 5.75 Å². The molecule has 4 heterocycles. The first-order valence-electron chi connectivity index (χ1n) is 12.7. The van der Waals surface area contributed by atoms with Gasteiger partial charge in [0.2, 0.25) is 0 Å². The highest BCUT2D eigenvalue weighted by atomic mass is 35.5. The molecule has 36 heavy (non-hydrogen) atoms. The molecule has 0 saturated carbocycles. The maximum absolute atomic E-state index is 11.3. The van der Waals surface area contributed by atoms with Crippen molar-refractivity contribution >= 4 is 56.5 Å². The summed E-state index contributed by atoms with van der Waals surface area (Å²) in [6, 6.07) is 13.5. The second kappa shape index (κ2) is 10.0. The lowest BCUT2D eigenvalue weighted by Gasteiger charge is -2.22. The zero-order chi connectivity index (χ0) is 24.6. The third-order valence-electron chi connectivity index (χ3n) is 7.27. The monoisotopic (exact) mass is 521 g/mol. The number of hydrogen-bond donors (Lipinski definition) is 2. The molecular weight excluding hydrogens is 493 g/mol. The molecule has 0 amide bonds. The lowest BCUT2D eigenvalue weighted by molar-refractivity contribution is 0.312. The molecular formula is C28H29Cl2N5O. The number of rotatable bonds is 6. The Morgan fingerprint density at radius 2 is 1.42 bits per heavy atom. The van der Waals surface area contributed by atoms with Gasteiger partial charge in [-0.05, 0) is 94.3 Å². The third-order valence-corrected chi connectivity index (χ3v) is 7.71. The number of phenolic OH excluding ortho intramolecular Hbond substituents is 1. The quantitative estimate of drug-likeness (QED) is 0.166. The summed E-state index contributed by atoms with van der Waals surface area (Å²) in [5.74, 6) is 0.414. The van der Waals surface area contributed by atoms with E-state index in [0.29, 0.717) is 21.4 Å². The molecule has 8 heteroatoms. The lowest BCUT2D eigenvalue weighted by atomic mass is 10.0. The summed E-state index contributed by atoms with van der Waals surface area (Å²) in [5.41, 5.74) is 5.88. The molecule has 2 fully saturated rings. The fraction of sp³-hybridized carbons (Fsp3) is 0.357. The van der Waals surface area contributed by atoms with Gasteiger partial charge in [0.15, 0.2) is 0 Å². The number of aromatic nitrogens is 2. The van der Waals surface area contributed by atoms with Crippen molar-refractivity contribution in [3.05, 3.63) is 63.8 Å². The van der Waals surface area contributed by atoms with Gasteiger partial charge in [0.05, 0.1) is 16.7 Å². The van der Waals surface area contributed by atoms with Crippen LogP contribution in [0.15, 0.2) is 42.5 Å². The van der Waals surface area contributed by atoms with E-state index in [1.807, 2.05) is 24.3 Å². The number of nitrogens with one attached hydrogen (secondary N) is 1. The topological polar surface area (TPSA) is 64.5 Å². The van der Waals surface area contributed by atoms with Crippen LogP contribution in [0.2, 0.25) is 10.2 Å². The summed E-state index contributed by atoms with van der Waals surface area (Å²) in [4.78, 5) is 14.2. The van der Waals surface area contributed by atoms with E-state index in [0.717, 1.165) is 78.2 Å². The smallest absolute Gasteiger partial charge is 0.130 e. The summed E-state index contributed by atoms with van der Waals surface area (Å²) in [7, 11) is 0. The average molecular weight is 522 g/mol. The number of likely N-dealkylation sites (tertiary alicyclic amines) is 2. The zero-order valence-electron chi connectivity index (χ0n) is 20.1. The SMILES string of the molecule is Oc1c(CN2CCCC2)cc(Nc2c3ccc(Cl)cc3nc3ccc(Cl)nc23)cc1CN1CCCC1. The second-order valence-electron chi connectivity index (χ2n) is 9.88. The predicted molar refractivity (Wildman–Crippen MR) is 147 cm³/mol. The van der Waals surface area contributed by atoms with Crippen LogP contribution in [-0.2, 0) is 13.1 Å². The Morgan fingerprint density at radius 1 is 0.778 bits per heavy atom. The Labute approximate surface area is 220 Å². The highest BCUT2D eigenvalue weighted by Crippen LogP contribution is 2.37. The maximum Gasteiger partial charge on any atom is 0.130 e. The van der Waals surface area contributed by atoms with Crippen LogP contribution in [0, 0.1) is 0 Å². The highest BCUT2D eigenvalue weighted by molar-refractivity contribution is 6.31. The van der Waals surface area contributed by atoms with Crippen LogP contribution in [0.3, 0.4) is 0 Å². The molecule has 2 aromatic heterocycles. The van der Waals surface area contributed by atoms with Crippen LogP contribution < -0.4 is 5.32 Å². The van der Waals surface area contributed by atoms with Crippen LogP contribution in [0.25, 0.3) is 21.9 Å². The van der Waals surface area contributed by atoms with Gasteiger partial charge in [-0.25, -0.2) is 9.97 Å². The first-order chi connectivity index (χ1) is 17.5. The van der Waals surface area contributed by atoms with Crippen LogP contribution >= 0.6 is 23.2 Å². The molecule has 0 spiro atoms. The average Bonchev–Trinajstić information content (AvgIpc) is 3.56. The van der Waals surface area contributed by atoms with Crippen molar-refractivity contribution in [1.82, 2.24) is 19.8 Å². The molecule has 6 rings (SSSR count). The predicted octanol–water partition coefficient (Wildman–Crippen LogP) is 6.73. The van der Waals surface area contributed by atoms with E-state index in [-0.39, 0.29) is 0 Å². The number of halogens is 2. The van der Waals surface area contributed by atoms with Gasteiger partial charge in [0, 0.05) is 40.3 Å². The Kier molecular flexibility index (Phi) is 6.61. The molecule has 2 aromatic carbocycles. The number of nitrogens with zero attached hydrogens (tertiary/aromatic N) is 4. The Balaban J connectivity index is 1.46. The van der Waals surface area contributed by atoms with Gasteiger partial charge in [0.1, 0.15) is 16.4 Å². The van der Waals surface area contributed by atoms with Crippen molar-refractivity contribution in [1.29, 1.82) is 0 Å². The molecule has 0 atom stereocenters. The minimum absolute atomic E-state index is 0.413. The molecule has 0 aliphatic carbocycles. The van der Waals surface area contributed by atoms with E-state index in [1.165, 1.54) is 25.7 Å². The van der Waals surface area contributed by atoms with Gasteiger partial charge in [-0.2, -0.15) is 0 Å². The summed E-state index contributed by atoms with van der Waals surface area (Å²) in [5, 5.41) is 16.9. The molecule has 0 bridgehead atoms. The van der Waals surface area contributed by atoms with Crippen molar-refractivity contribution in [2.75, 3.05) is 31.5 Å². The van der Waals surface area contributed by atoms with E-state index in [4.69, 9.17) is 28.2 Å². The van der Waals surface area contributed by atoms with Crippen LogP contribution in [0.4, 0.5) is 11.4 Å². The number of aromatic hydroxyl groups is 1. The summed E-state index contributed by atoms with van der Waals surface area (Å²) in [6.07, 6.45) is 4.85. The van der Waals surface area contributed by atoms with E-state index in [9.17, 15) is 5.11 Å². The molecule has 4 aromatic rings. The Morgan fingerprint density at radius 3 is 2.06 bits per heavy atom. The number of anilines is 2. The normalized spacial score (nSPS) is 16.9. The summed E-state index contributed by atoms with van der Waals surface area (Å²) in [6.45, 7) is 5.77. The lowest BCUT2D eigenvalue weighted by Crippen LogP contribution is -2.20. The molecule has 2 aliphatic rings. The van der Waals surface area contributed by atoms with E-state index in [2.05, 4.69) is 32.2 Å². The van der Waals surface area contributed by atoms with Gasteiger partial charge < -0.3 is 10.4 Å². The molecule has 2 aliphatic heterocycles. The van der Waals surface area contributed by atoms with Gasteiger partial charge in [0.25, 0.3) is 0 Å². The van der Waals surface area contributed by atoms with Crippen molar-refractivity contribution in [2.24, 2.45) is 0 Å². The molecule has 0 radical (unpaired) electrons.